The molecule has 0 saturated carbocycles. The average molecular weight is 290 g/mol. The van der Waals surface area contributed by atoms with Crippen molar-refractivity contribution in [2.75, 3.05) is 33.3 Å². The Labute approximate surface area is 125 Å². The summed E-state index contributed by atoms with van der Waals surface area (Å²) in [5, 5.41) is 0. The molecule has 0 N–H and O–H groups in total. The third-order valence-corrected chi connectivity index (χ3v) is 3.91. The Morgan fingerprint density at radius 1 is 1.14 bits per heavy atom. The van der Waals surface area contributed by atoms with Crippen LogP contribution < -0.4 is 4.74 Å². The number of aryl methyl sites for hydroxylation is 1. The summed E-state index contributed by atoms with van der Waals surface area (Å²) in [7, 11) is 1.63. The van der Waals surface area contributed by atoms with E-state index < -0.39 is 0 Å². The van der Waals surface area contributed by atoms with Crippen LogP contribution >= 0.6 is 0 Å². The predicted molar refractivity (Wildman–Crippen MR) is 80.3 cm³/mol. The van der Waals surface area contributed by atoms with Gasteiger partial charge in [-0.25, -0.2) is 0 Å². The maximum absolute atomic E-state index is 12.3. The molecule has 5 heteroatoms. The van der Waals surface area contributed by atoms with Gasteiger partial charge in [0.05, 0.1) is 13.5 Å². The monoisotopic (exact) mass is 290 g/mol. The number of rotatable bonds is 3. The first-order valence-electron chi connectivity index (χ1n) is 7.18. The van der Waals surface area contributed by atoms with Crippen molar-refractivity contribution in [3.63, 3.8) is 0 Å². The van der Waals surface area contributed by atoms with Gasteiger partial charge in [-0.2, -0.15) is 0 Å². The van der Waals surface area contributed by atoms with Crippen LogP contribution in [0.25, 0.3) is 0 Å². The molecule has 114 valence electrons. The van der Waals surface area contributed by atoms with Crippen molar-refractivity contribution in [3.8, 4) is 5.75 Å². The Morgan fingerprint density at radius 3 is 2.33 bits per heavy atom. The molecule has 0 aliphatic carbocycles. The maximum atomic E-state index is 12.3. The number of benzene rings is 1. The van der Waals surface area contributed by atoms with Gasteiger partial charge in [-0.15, -0.1) is 0 Å². The molecule has 1 aromatic rings. The molecule has 21 heavy (non-hydrogen) atoms. The summed E-state index contributed by atoms with van der Waals surface area (Å²) in [6, 6.07) is 5.84. The molecule has 5 nitrogen and oxygen atoms in total. The zero-order valence-corrected chi connectivity index (χ0v) is 12.9. The summed E-state index contributed by atoms with van der Waals surface area (Å²) in [6.07, 6.45) is 0.372. The molecule has 1 heterocycles. The third kappa shape index (κ3) is 3.74. The molecule has 1 aromatic carbocycles. The van der Waals surface area contributed by atoms with Crippen molar-refractivity contribution in [1.82, 2.24) is 9.80 Å². The molecule has 1 aliphatic heterocycles. The van der Waals surface area contributed by atoms with Crippen molar-refractivity contribution in [2.24, 2.45) is 0 Å². The van der Waals surface area contributed by atoms with Crippen LogP contribution in [-0.2, 0) is 16.0 Å². The number of ether oxygens (including phenoxy) is 1. The number of amides is 2. The van der Waals surface area contributed by atoms with Crippen LogP contribution in [0.4, 0.5) is 0 Å². The second-order valence-electron chi connectivity index (χ2n) is 5.37. The quantitative estimate of drug-likeness (QED) is 0.841. The molecule has 2 rings (SSSR count). The first kappa shape index (κ1) is 15.4. The van der Waals surface area contributed by atoms with Crippen LogP contribution in [0.1, 0.15) is 18.1 Å². The lowest BCUT2D eigenvalue weighted by Crippen LogP contribution is -2.50. The van der Waals surface area contributed by atoms with Gasteiger partial charge < -0.3 is 14.5 Å². The summed E-state index contributed by atoms with van der Waals surface area (Å²) in [5.41, 5.74) is 2.01. The molecule has 0 bridgehead atoms. The highest BCUT2D eigenvalue weighted by Gasteiger charge is 2.22. The van der Waals surface area contributed by atoms with Gasteiger partial charge in [0.25, 0.3) is 0 Å². The van der Waals surface area contributed by atoms with Gasteiger partial charge in [0.2, 0.25) is 11.8 Å². The predicted octanol–water partition coefficient (Wildman–Crippen LogP) is 1.24. The molecular weight excluding hydrogens is 268 g/mol. The van der Waals surface area contributed by atoms with E-state index in [4.69, 9.17) is 4.74 Å². The molecule has 2 amide bonds. The minimum Gasteiger partial charge on any atom is -0.496 e. The van der Waals surface area contributed by atoms with E-state index in [2.05, 4.69) is 0 Å². The summed E-state index contributed by atoms with van der Waals surface area (Å²) < 4.78 is 5.28. The van der Waals surface area contributed by atoms with Crippen LogP contribution in [-0.4, -0.2) is 54.9 Å². The lowest BCUT2D eigenvalue weighted by Gasteiger charge is -2.34. The second-order valence-corrected chi connectivity index (χ2v) is 5.37. The number of hydrogen-bond acceptors (Lipinski definition) is 3. The van der Waals surface area contributed by atoms with Crippen LogP contribution in [0, 0.1) is 6.92 Å². The van der Waals surface area contributed by atoms with Crippen LogP contribution in [0.2, 0.25) is 0 Å². The summed E-state index contributed by atoms with van der Waals surface area (Å²) >= 11 is 0. The standard InChI is InChI=1S/C16H22N2O3/c1-12-4-5-14(10-15(12)21-3)11-16(20)18-8-6-17(7-9-18)13(2)19/h4-5,10H,6-9,11H2,1-3H3. The SMILES string of the molecule is COc1cc(CC(=O)N2CCN(C(C)=O)CC2)ccc1C. The molecule has 1 saturated heterocycles. The van der Waals surface area contributed by atoms with Gasteiger partial charge in [-0.05, 0) is 24.1 Å². The largest absolute Gasteiger partial charge is 0.496 e. The van der Waals surface area contributed by atoms with Gasteiger partial charge in [-0.1, -0.05) is 12.1 Å². The van der Waals surface area contributed by atoms with Gasteiger partial charge in [0.15, 0.2) is 0 Å². The highest BCUT2D eigenvalue weighted by molar-refractivity contribution is 5.79. The van der Waals surface area contributed by atoms with Crippen LogP contribution in [0.5, 0.6) is 5.75 Å². The molecule has 0 aromatic heterocycles. The number of nitrogens with zero attached hydrogens (tertiary/aromatic N) is 2. The van der Waals surface area contributed by atoms with Gasteiger partial charge in [0, 0.05) is 33.1 Å². The van der Waals surface area contributed by atoms with E-state index in [0.29, 0.717) is 32.6 Å². The van der Waals surface area contributed by atoms with Crippen molar-refractivity contribution >= 4 is 11.8 Å². The highest BCUT2D eigenvalue weighted by Crippen LogP contribution is 2.19. The smallest absolute Gasteiger partial charge is 0.227 e. The normalized spacial score (nSPS) is 15.0. The Balaban J connectivity index is 1.95. The molecule has 0 atom stereocenters. The Kier molecular flexibility index (Phi) is 4.83. The van der Waals surface area contributed by atoms with Crippen molar-refractivity contribution in [1.29, 1.82) is 0 Å². The molecule has 1 aliphatic rings. The van der Waals surface area contributed by atoms with E-state index >= 15 is 0 Å². The molecule has 1 fully saturated rings. The van der Waals surface area contributed by atoms with E-state index in [9.17, 15) is 9.59 Å². The zero-order chi connectivity index (χ0) is 15.4. The van der Waals surface area contributed by atoms with E-state index in [1.807, 2.05) is 30.0 Å². The van der Waals surface area contributed by atoms with Gasteiger partial charge in [0.1, 0.15) is 5.75 Å². The second kappa shape index (κ2) is 6.61. The average Bonchev–Trinajstić information content (AvgIpc) is 2.49. The van der Waals surface area contributed by atoms with E-state index in [0.717, 1.165) is 16.9 Å². The summed E-state index contributed by atoms with van der Waals surface area (Å²) in [5.74, 6) is 0.983. The van der Waals surface area contributed by atoms with E-state index in [1.165, 1.54) is 0 Å². The number of piperazine rings is 1. The lowest BCUT2D eigenvalue weighted by atomic mass is 10.1. The van der Waals surface area contributed by atoms with Crippen LogP contribution in [0.15, 0.2) is 18.2 Å². The first-order valence-corrected chi connectivity index (χ1v) is 7.18. The van der Waals surface area contributed by atoms with Crippen LogP contribution in [0.3, 0.4) is 0 Å². The minimum absolute atomic E-state index is 0.0744. The topological polar surface area (TPSA) is 49.9 Å². The Bertz CT molecular complexity index is 534. The van der Waals surface area contributed by atoms with Crippen molar-refractivity contribution in [3.05, 3.63) is 29.3 Å². The Hall–Kier alpha value is -2.04. The molecular formula is C16H22N2O3. The fourth-order valence-corrected chi connectivity index (χ4v) is 2.53. The fraction of sp³-hybridized carbons (Fsp3) is 0.500. The highest BCUT2D eigenvalue weighted by atomic mass is 16.5. The van der Waals surface area contributed by atoms with Gasteiger partial charge >= 0.3 is 0 Å². The first-order chi connectivity index (χ1) is 10.0. The maximum Gasteiger partial charge on any atom is 0.227 e. The number of hydrogen-bond donors (Lipinski definition) is 0. The number of methoxy groups -OCH3 is 1. The number of carbonyl (C=O) groups excluding carboxylic acids is 2. The lowest BCUT2D eigenvalue weighted by molar-refractivity contribution is -0.138. The summed E-state index contributed by atoms with van der Waals surface area (Å²) in [4.78, 5) is 27.2. The molecule has 0 spiro atoms. The summed E-state index contributed by atoms with van der Waals surface area (Å²) in [6.45, 7) is 6.01. The molecule has 0 radical (unpaired) electrons. The van der Waals surface area contributed by atoms with Gasteiger partial charge in [-0.3, -0.25) is 9.59 Å². The van der Waals surface area contributed by atoms with Crippen molar-refractivity contribution in [2.45, 2.75) is 20.3 Å². The molecule has 0 unspecified atom stereocenters. The van der Waals surface area contributed by atoms with Crippen molar-refractivity contribution < 1.29 is 14.3 Å². The zero-order valence-electron chi connectivity index (χ0n) is 12.9. The Morgan fingerprint density at radius 2 is 1.76 bits per heavy atom. The third-order valence-electron chi connectivity index (χ3n) is 3.91. The van der Waals surface area contributed by atoms with E-state index in [-0.39, 0.29) is 11.8 Å². The number of carbonyl (C=O) groups is 2. The van der Waals surface area contributed by atoms with E-state index in [1.54, 1.807) is 18.9 Å². The fourth-order valence-electron chi connectivity index (χ4n) is 2.53. The minimum atomic E-state index is 0.0744.